The monoisotopic (exact) mass is 566 g/mol. The molecule has 0 radical (unpaired) electrons. The molecule has 4 aromatic rings. The fourth-order valence-corrected chi connectivity index (χ4v) is 4.77. The maximum atomic E-state index is 12.0. The first kappa shape index (κ1) is 25.0. The molecule has 0 aromatic heterocycles. The molecule has 1 unspecified atom stereocenters. The normalized spacial score (nSPS) is 14.9. The summed E-state index contributed by atoms with van der Waals surface area (Å²) in [5, 5.41) is 7.06. The van der Waals surface area contributed by atoms with Crippen molar-refractivity contribution in [1.82, 2.24) is 0 Å². The number of nitrogens with one attached hydrogen (secondary N) is 2. The van der Waals surface area contributed by atoms with Crippen LogP contribution < -0.4 is 10.6 Å². The molecule has 0 saturated carbocycles. The van der Waals surface area contributed by atoms with Gasteiger partial charge in [0, 0.05) is 25.9 Å². The first-order valence-electron chi connectivity index (χ1n) is 10.8. The Labute approximate surface area is 222 Å². The predicted molar refractivity (Wildman–Crippen MR) is 146 cm³/mol. The van der Waals surface area contributed by atoms with Crippen molar-refractivity contribution in [3.63, 3.8) is 0 Å². The van der Waals surface area contributed by atoms with E-state index < -0.39 is 0 Å². The van der Waals surface area contributed by atoms with Gasteiger partial charge in [0.15, 0.2) is 0 Å². The van der Waals surface area contributed by atoms with Crippen molar-refractivity contribution >= 4 is 62.3 Å². The molecule has 0 bridgehead atoms. The zero-order valence-electron chi connectivity index (χ0n) is 18.5. The minimum absolute atomic E-state index is 0.00784. The fourth-order valence-electron chi connectivity index (χ4n) is 3.85. The van der Waals surface area contributed by atoms with Gasteiger partial charge in [0.05, 0.1) is 12.3 Å². The smallest absolute Gasteiger partial charge is 0.236 e. The molecular weight excluding hydrogens is 547 g/mol. The lowest BCUT2D eigenvalue weighted by atomic mass is 9.93. The average Bonchev–Trinajstić information content (AvgIpc) is 3.37. The number of carbonyl (C=O) groups excluding carboxylic acids is 2. The van der Waals surface area contributed by atoms with Gasteiger partial charge < -0.3 is 10.6 Å². The van der Waals surface area contributed by atoms with Gasteiger partial charge in [0.2, 0.25) is 11.8 Å². The van der Waals surface area contributed by atoms with Crippen molar-refractivity contribution in [2.45, 2.75) is 12.3 Å². The van der Waals surface area contributed by atoms with E-state index in [-0.39, 0.29) is 17.7 Å². The summed E-state index contributed by atoms with van der Waals surface area (Å²) in [4.78, 5) is 22.8. The highest BCUT2D eigenvalue weighted by Gasteiger charge is 2.31. The molecule has 4 aromatic carbocycles. The van der Waals surface area contributed by atoms with Crippen LogP contribution in [0.3, 0.4) is 0 Å². The van der Waals surface area contributed by atoms with Crippen LogP contribution in [0, 0.1) is 0 Å². The molecular formula is C28H21BrCl2N2O2. The van der Waals surface area contributed by atoms with Gasteiger partial charge in [0.1, 0.15) is 0 Å². The van der Waals surface area contributed by atoms with Crippen LogP contribution in [-0.4, -0.2) is 11.8 Å². The summed E-state index contributed by atoms with van der Waals surface area (Å²) in [6.45, 7) is 0. The second kappa shape index (κ2) is 11.5. The van der Waals surface area contributed by atoms with Crippen molar-refractivity contribution in [2.24, 2.45) is 0 Å². The van der Waals surface area contributed by atoms with E-state index in [4.69, 9.17) is 23.2 Å². The summed E-state index contributed by atoms with van der Waals surface area (Å²) in [7, 11) is 0. The molecule has 2 heterocycles. The zero-order chi connectivity index (χ0) is 24.8. The molecule has 7 heteroatoms. The summed E-state index contributed by atoms with van der Waals surface area (Å²) in [6.07, 6.45) is 0.538. The van der Waals surface area contributed by atoms with Gasteiger partial charge in [0.25, 0.3) is 0 Å². The van der Waals surface area contributed by atoms with E-state index in [1.54, 1.807) is 0 Å². The van der Waals surface area contributed by atoms with E-state index in [9.17, 15) is 9.59 Å². The van der Waals surface area contributed by atoms with Crippen molar-refractivity contribution in [2.75, 3.05) is 10.6 Å². The molecule has 2 aliphatic rings. The van der Waals surface area contributed by atoms with Crippen LogP contribution in [0.5, 0.6) is 0 Å². The molecule has 0 spiro atoms. The molecule has 35 heavy (non-hydrogen) atoms. The lowest BCUT2D eigenvalue weighted by molar-refractivity contribution is -0.116. The summed E-state index contributed by atoms with van der Waals surface area (Å²) in [5.41, 5.74) is 4.90. The van der Waals surface area contributed by atoms with Gasteiger partial charge in [-0.05, 0) is 59.2 Å². The molecule has 2 aliphatic heterocycles. The van der Waals surface area contributed by atoms with Crippen LogP contribution in [0.2, 0.25) is 10.0 Å². The second-order valence-corrected chi connectivity index (χ2v) is 9.68. The molecule has 0 saturated heterocycles. The van der Waals surface area contributed by atoms with Crippen LogP contribution in [0.4, 0.5) is 11.4 Å². The Morgan fingerprint density at radius 1 is 0.714 bits per heavy atom. The molecule has 0 fully saturated rings. The fraction of sp³-hybridized carbons (Fsp3) is 0.0714. The largest absolute Gasteiger partial charge is 0.326 e. The number of halogens is 3. The van der Waals surface area contributed by atoms with E-state index >= 15 is 0 Å². The lowest BCUT2D eigenvalue weighted by Crippen LogP contribution is -2.12. The minimum atomic E-state index is -0.245. The Hall–Kier alpha value is -3.12. The molecule has 1 atom stereocenters. The highest BCUT2D eigenvalue weighted by Crippen LogP contribution is 2.37. The number of benzene rings is 4. The minimum Gasteiger partial charge on any atom is -0.326 e. The Balaban J connectivity index is 0.000000136. The Morgan fingerprint density at radius 3 is 2.03 bits per heavy atom. The van der Waals surface area contributed by atoms with Crippen LogP contribution in [0.1, 0.15) is 22.6 Å². The van der Waals surface area contributed by atoms with Crippen molar-refractivity contribution in [3.8, 4) is 0 Å². The number of para-hydroxylation sites is 2. The van der Waals surface area contributed by atoms with Crippen molar-refractivity contribution in [3.05, 3.63) is 128 Å². The van der Waals surface area contributed by atoms with E-state index in [0.29, 0.717) is 11.4 Å². The molecule has 2 amide bonds. The van der Waals surface area contributed by atoms with Crippen LogP contribution in [0.15, 0.2) is 102 Å². The molecule has 6 rings (SSSR count). The van der Waals surface area contributed by atoms with Gasteiger partial charge in [-0.15, -0.1) is 0 Å². The summed E-state index contributed by atoms with van der Waals surface area (Å²) in [5.74, 6) is -0.139. The average molecular weight is 568 g/mol. The summed E-state index contributed by atoms with van der Waals surface area (Å²) in [6, 6.07) is 30.5. The number of hydrogen-bond acceptors (Lipinski definition) is 2. The topological polar surface area (TPSA) is 58.2 Å². The maximum absolute atomic E-state index is 12.0. The van der Waals surface area contributed by atoms with Crippen molar-refractivity contribution < 1.29 is 9.59 Å². The van der Waals surface area contributed by atoms with E-state index in [2.05, 4.69) is 26.6 Å². The van der Waals surface area contributed by atoms with Crippen LogP contribution in [0.25, 0.3) is 0 Å². The lowest BCUT2D eigenvalue weighted by Gasteiger charge is -2.09. The maximum Gasteiger partial charge on any atom is 0.236 e. The molecule has 2 N–H and O–H groups in total. The standard InChI is InChI=1S/C14H10ClNO.C8H7NO.C6H4BrCl/c15-10-5-3-4-9(8-10)13-11-6-1-2-7-12(11)16-14(13)17;10-8-5-6-3-1-2-4-7(6)9-8;7-5-2-1-3-6(8)4-5/h1-8,13H,(H,16,17);1-4H,5H2,(H,9,10);1-4H. The van der Waals surface area contributed by atoms with Gasteiger partial charge in [-0.1, -0.05) is 93.7 Å². The Morgan fingerprint density at radius 2 is 1.37 bits per heavy atom. The van der Waals surface area contributed by atoms with Crippen LogP contribution >= 0.6 is 39.1 Å². The molecule has 0 aliphatic carbocycles. The van der Waals surface area contributed by atoms with Crippen molar-refractivity contribution in [1.29, 1.82) is 0 Å². The summed E-state index contributed by atoms with van der Waals surface area (Å²) >= 11 is 14.9. The zero-order valence-corrected chi connectivity index (χ0v) is 21.6. The molecule has 4 nitrogen and oxygen atoms in total. The quantitative estimate of drug-likeness (QED) is 0.247. The Bertz CT molecular complexity index is 1330. The number of fused-ring (bicyclic) bond motifs is 2. The second-order valence-electron chi connectivity index (χ2n) is 7.89. The SMILES string of the molecule is Clc1cccc(Br)c1.O=C1Cc2ccccc2N1.O=C1Nc2ccccc2C1c1cccc(Cl)c1. The first-order chi connectivity index (χ1) is 16.9. The summed E-state index contributed by atoms with van der Waals surface area (Å²) < 4.78 is 1.02. The molecule has 176 valence electrons. The number of hydrogen-bond donors (Lipinski definition) is 2. The van der Waals surface area contributed by atoms with E-state index in [1.807, 2.05) is 97.1 Å². The first-order valence-corrected chi connectivity index (χ1v) is 12.4. The number of anilines is 2. The van der Waals surface area contributed by atoms with Gasteiger partial charge >= 0.3 is 0 Å². The number of rotatable bonds is 1. The van der Waals surface area contributed by atoms with Gasteiger partial charge in [-0.3, -0.25) is 9.59 Å². The van der Waals surface area contributed by atoms with E-state index in [1.165, 1.54) is 0 Å². The predicted octanol–water partition coefficient (Wildman–Crippen LogP) is 7.71. The van der Waals surface area contributed by atoms with Crippen LogP contribution in [-0.2, 0) is 16.0 Å². The Kier molecular flexibility index (Phi) is 8.24. The highest BCUT2D eigenvalue weighted by atomic mass is 79.9. The third-order valence-corrected chi connectivity index (χ3v) is 6.37. The third-order valence-electron chi connectivity index (χ3n) is 5.40. The number of amides is 2. The highest BCUT2D eigenvalue weighted by molar-refractivity contribution is 9.10. The third kappa shape index (κ3) is 6.51. The van der Waals surface area contributed by atoms with E-state index in [0.717, 1.165) is 37.6 Å². The number of carbonyl (C=O) groups is 2. The van der Waals surface area contributed by atoms with Gasteiger partial charge in [-0.2, -0.15) is 0 Å². The van der Waals surface area contributed by atoms with Gasteiger partial charge in [-0.25, -0.2) is 0 Å².